The minimum atomic E-state index is -0.419. The first-order chi connectivity index (χ1) is 10.6. The number of carbonyl (C=O) groups excluding carboxylic acids is 2. The van der Waals surface area contributed by atoms with Gasteiger partial charge in [-0.1, -0.05) is 29.8 Å². The maximum absolute atomic E-state index is 11.8. The zero-order valence-corrected chi connectivity index (χ0v) is 12.7. The second-order valence-electron chi connectivity index (χ2n) is 4.98. The lowest BCUT2D eigenvalue weighted by atomic mass is 10.1. The van der Waals surface area contributed by atoms with Crippen molar-refractivity contribution in [1.82, 2.24) is 0 Å². The third-order valence-electron chi connectivity index (χ3n) is 3.21. The lowest BCUT2D eigenvalue weighted by molar-refractivity contribution is -0.134. The number of ether oxygens (including phenoxy) is 2. The predicted octanol–water partition coefficient (Wildman–Crippen LogP) is 3.32. The fraction of sp³-hybridized carbons (Fsp3) is 0.222. The maximum atomic E-state index is 11.8. The Morgan fingerprint density at radius 1 is 1.05 bits per heavy atom. The Morgan fingerprint density at radius 3 is 2.41 bits per heavy atom. The molecule has 0 aliphatic carbocycles. The highest BCUT2D eigenvalue weighted by atomic mass is 16.5. The van der Waals surface area contributed by atoms with Crippen molar-refractivity contribution in [2.75, 3.05) is 7.11 Å². The van der Waals surface area contributed by atoms with Crippen LogP contribution in [-0.2, 0) is 16.0 Å². The van der Waals surface area contributed by atoms with E-state index in [9.17, 15) is 9.59 Å². The molecule has 0 radical (unpaired) electrons. The number of benzene rings is 2. The summed E-state index contributed by atoms with van der Waals surface area (Å²) in [6.07, 6.45) is 0.947. The quantitative estimate of drug-likeness (QED) is 0.627. The van der Waals surface area contributed by atoms with Gasteiger partial charge in [0.05, 0.1) is 12.7 Å². The molecule has 2 rings (SSSR count). The van der Waals surface area contributed by atoms with Crippen molar-refractivity contribution in [1.29, 1.82) is 0 Å². The lowest BCUT2D eigenvalue weighted by Gasteiger charge is -2.06. The number of rotatable bonds is 5. The van der Waals surface area contributed by atoms with Gasteiger partial charge in [-0.3, -0.25) is 4.79 Å². The van der Waals surface area contributed by atoms with Crippen molar-refractivity contribution in [2.24, 2.45) is 0 Å². The van der Waals surface area contributed by atoms with Crippen molar-refractivity contribution in [3.05, 3.63) is 65.2 Å². The van der Waals surface area contributed by atoms with Crippen LogP contribution in [0.4, 0.5) is 0 Å². The maximum Gasteiger partial charge on any atom is 0.337 e. The van der Waals surface area contributed by atoms with E-state index in [0.29, 0.717) is 24.2 Å². The Balaban J connectivity index is 1.88. The molecule has 0 saturated heterocycles. The van der Waals surface area contributed by atoms with E-state index in [2.05, 4.69) is 10.8 Å². The number of aryl methyl sites for hydroxylation is 2. The fourth-order valence-corrected chi connectivity index (χ4v) is 2.07. The van der Waals surface area contributed by atoms with Crippen LogP contribution in [0.2, 0.25) is 0 Å². The van der Waals surface area contributed by atoms with Gasteiger partial charge in [-0.15, -0.1) is 0 Å². The van der Waals surface area contributed by atoms with Crippen molar-refractivity contribution in [3.63, 3.8) is 0 Å². The molecule has 0 fully saturated rings. The van der Waals surface area contributed by atoms with Crippen LogP contribution in [-0.4, -0.2) is 19.0 Å². The number of hydrogen-bond donors (Lipinski definition) is 0. The average Bonchev–Trinajstić information content (AvgIpc) is 2.53. The van der Waals surface area contributed by atoms with Crippen LogP contribution in [0.15, 0.2) is 48.5 Å². The minimum absolute atomic E-state index is 0.299. The van der Waals surface area contributed by atoms with Crippen LogP contribution in [0.5, 0.6) is 5.75 Å². The summed E-state index contributed by atoms with van der Waals surface area (Å²) in [7, 11) is 1.32. The third kappa shape index (κ3) is 4.45. The number of methoxy groups -OCH3 is 1. The molecule has 0 bridgehead atoms. The summed E-state index contributed by atoms with van der Waals surface area (Å²) in [5.41, 5.74) is 2.70. The smallest absolute Gasteiger partial charge is 0.337 e. The van der Waals surface area contributed by atoms with E-state index in [-0.39, 0.29) is 5.97 Å². The van der Waals surface area contributed by atoms with Gasteiger partial charge in [0.1, 0.15) is 5.75 Å². The van der Waals surface area contributed by atoms with Crippen LogP contribution in [0, 0.1) is 6.92 Å². The van der Waals surface area contributed by atoms with Gasteiger partial charge in [-0.25, -0.2) is 4.79 Å². The first kappa shape index (κ1) is 15.8. The molecule has 114 valence electrons. The molecule has 0 unspecified atom stereocenters. The van der Waals surface area contributed by atoms with Gasteiger partial charge in [-0.05, 0) is 43.2 Å². The molecule has 0 heterocycles. The molecule has 22 heavy (non-hydrogen) atoms. The fourth-order valence-electron chi connectivity index (χ4n) is 2.07. The molecular weight excluding hydrogens is 280 g/mol. The van der Waals surface area contributed by atoms with Gasteiger partial charge in [0, 0.05) is 6.42 Å². The molecule has 4 heteroatoms. The zero-order chi connectivity index (χ0) is 15.9. The summed E-state index contributed by atoms with van der Waals surface area (Å²) < 4.78 is 9.85. The van der Waals surface area contributed by atoms with Crippen molar-refractivity contribution >= 4 is 11.9 Å². The number of hydrogen-bond acceptors (Lipinski definition) is 4. The van der Waals surface area contributed by atoms with Gasteiger partial charge < -0.3 is 9.47 Å². The van der Waals surface area contributed by atoms with Crippen LogP contribution in [0.1, 0.15) is 27.9 Å². The van der Waals surface area contributed by atoms with E-state index in [1.54, 1.807) is 24.3 Å². The Bertz CT molecular complexity index is 659. The average molecular weight is 298 g/mol. The monoisotopic (exact) mass is 298 g/mol. The summed E-state index contributed by atoms with van der Waals surface area (Å²) in [5, 5.41) is 0. The molecular formula is C18H18O4. The van der Waals surface area contributed by atoms with Gasteiger partial charge in [-0.2, -0.15) is 0 Å². The highest BCUT2D eigenvalue weighted by molar-refractivity contribution is 5.89. The first-order valence-electron chi connectivity index (χ1n) is 7.03. The molecule has 0 saturated carbocycles. The molecule has 0 aliphatic heterocycles. The molecule has 0 aliphatic rings. The molecule has 4 nitrogen and oxygen atoms in total. The molecule has 0 aromatic heterocycles. The minimum Gasteiger partial charge on any atom is -0.465 e. The molecule has 2 aromatic carbocycles. The van der Waals surface area contributed by atoms with Crippen LogP contribution >= 0.6 is 0 Å². The van der Waals surface area contributed by atoms with E-state index in [1.165, 1.54) is 12.7 Å². The van der Waals surface area contributed by atoms with E-state index in [0.717, 1.165) is 5.56 Å². The molecule has 0 N–H and O–H groups in total. The highest BCUT2D eigenvalue weighted by Gasteiger charge is 2.08. The van der Waals surface area contributed by atoms with E-state index >= 15 is 0 Å². The number of esters is 2. The predicted molar refractivity (Wildman–Crippen MR) is 82.9 cm³/mol. The van der Waals surface area contributed by atoms with Gasteiger partial charge in [0.15, 0.2) is 0 Å². The Hall–Kier alpha value is -2.62. The Kier molecular flexibility index (Phi) is 5.31. The Labute approximate surface area is 129 Å². The van der Waals surface area contributed by atoms with Crippen LogP contribution in [0.3, 0.4) is 0 Å². The highest BCUT2D eigenvalue weighted by Crippen LogP contribution is 2.14. The van der Waals surface area contributed by atoms with Gasteiger partial charge in [0.25, 0.3) is 0 Å². The van der Waals surface area contributed by atoms with E-state index in [1.807, 2.05) is 25.1 Å². The van der Waals surface area contributed by atoms with Crippen LogP contribution in [0.25, 0.3) is 0 Å². The molecule has 0 atom stereocenters. The van der Waals surface area contributed by atoms with Crippen LogP contribution < -0.4 is 4.74 Å². The SMILES string of the molecule is COC(=O)c1ccc(OC(=O)CCc2cccc(C)c2)cc1. The standard InChI is InChI=1S/C18H18O4/c1-13-4-3-5-14(12-13)6-11-17(19)22-16-9-7-15(8-10-16)18(20)21-2/h3-5,7-10,12H,6,11H2,1-2H3. The Morgan fingerprint density at radius 2 is 1.77 bits per heavy atom. The molecule has 0 amide bonds. The largest absolute Gasteiger partial charge is 0.465 e. The normalized spacial score (nSPS) is 10.1. The van der Waals surface area contributed by atoms with Crippen molar-refractivity contribution in [2.45, 2.75) is 19.8 Å². The second kappa shape index (κ2) is 7.41. The summed E-state index contributed by atoms with van der Waals surface area (Å²) >= 11 is 0. The lowest BCUT2D eigenvalue weighted by Crippen LogP contribution is -2.09. The van der Waals surface area contributed by atoms with Crippen molar-refractivity contribution < 1.29 is 19.1 Å². The second-order valence-corrected chi connectivity index (χ2v) is 4.98. The summed E-state index contributed by atoms with van der Waals surface area (Å²) in [4.78, 5) is 23.1. The topological polar surface area (TPSA) is 52.6 Å². The summed E-state index contributed by atoms with van der Waals surface area (Å²) in [6, 6.07) is 14.3. The number of carbonyl (C=O) groups is 2. The van der Waals surface area contributed by atoms with E-state index < -0.39 is 5.97 Å². The van der Waals surface area contributed by atoms with Gasteiger partial charge in [0.2, 0.25) is 0 Å². The zero-order valence-electron chi connectivity index (χ0n) is 12.7. The summed E-state index contributed by atoms with van der Waals surface area (Å²) in [6.45, 7) is 2.02. The first-order valence-corrected chi connectivity index (χ1v) is 7.03. The van der Waals surface area contributed by atoms with Gasteiger partial charge >= 0.3 is 11.9 Å². The third-order valence-corrected chi connectivity index (χ3v) is 3.21. The molecule has 2 aromatic rings. The van der Waals surface area contributed by atoms with E-state index in [4.69, 9.17) is 4.74 Å². The molecule has 0 spiro atoms. The van der Waals surface area contributed by atoms with Crippen molar-refractivity contribution in [3.8, 4) is 5.75 Å². The summed E-state index contributed by atoms with van der Waals surface area (Å²) in [5.74, 6) is -0.299.